The number of halogens is 1. The van der Waals surface area contributed by atoms with Crippen molar-refractivity contribution in [1.29, 1.82) is 0 Å². The molecule has 2 aromatic rings. The highest BCUT2D eigenvalue weighted by molar-refractivity contribution is 6.02. The fourth-order valence-electron chi connectivity index (χ4n) is 2.54. The van der Waals surface area contributed by atoms with Crippen LogP contribution in [0.2, 0.25) is 0 Å². The smallest absolute Gasteiger partial charge is 0.220 e. The lowest BCUT2D eigenvalue weighted by Crippen LogP contribution is -2.22. The largest absolute Gasteiger partial charge is 0.411 e. The van der Waals surface area contributed by atoms with Crippen LogP contribution in [-0.4, -0.2) is 20.9 Å². The Balaban J connectivity index is 2.00. The van der Waals surface area contributed by atoms with Gasteiger partial charge in [0, 0.05) is 18.2 Å². The fraction of sp³-hybridized carbons (Fsp3) is 0.214. The van der Waals surface area contributed by atoms with Gasteiger partial charge in [0.05, 0.1) is 11.4 Å². The maximum absolute atomic E-state index is 13.0. The Hall–Kier alpha value is -2.50. The van der Waals surface area contributed by atoms with Gasteiger partial charge >= 0.3 is 0 Å². The molecule has 0 saturated heterocycles. The molecule has 5 nitrogen and oxygen atoms in total. The van der Waals surface area contributed by atoms with Crippen LogP contribution >= 0.6 is 0 Å². The molecule has 0 fully saturated rings. The highest BCUT2D eigenvalue weighted by atomic mass is 19.1. The minimum atomic E-state index is -0.271. The highest BCUT2D eigenvalue weighted by Crippen LogP contribution is 2.32. The molecule has 0 saturated carbocycles. The molecular formula is C14H13FN4O. The minimum Gasteiger partial charge on any atom is -0.411 e. The van der Waals surface area contributed by atoms with Gasteiger partial charge in [0.15, 0.2) is 0 Å². The summed E-state index contributed by atoms with van der Waals surface area (Å²) in [5.74, 6) is 0.0108. The van der Waals surface area contributed by atoms with Gasteiger partial charge < -0.3 is 10.9 Å². The summed E-state index contributed by atoms with van der Waals surface area (Å²) in [6.45, 7) is 0. The summed E-state index contributed by atoms with van der Waals surface area (Å²) in [6.07, 6.45) is 2.79. The van der Waals surface area contributed by atoms with Gasteiger partial charge in [-0.1, -0.05) is 17.3 Å². The number of nitrogen functional groups attached to an aromatic ring is 1. The second kappa shape index (κ2) is 4.88. The first kappa shape index (κ1) is 12.5. The van der Waals surface area contributed by atoms with E-state index < -0.39 is 0 Å². The highest BCUT2D eigenvalue weighted by Gasteiger charge is 2.27. The summed E-state index contributed by atoms with van der Waals surface area (Å²) in [5, 5.41) is 12.5. The van der Waals surface area contributed by atoms with Crippen LogP contribution in [-0.2, 0) is 6.42 Å². The van der Waals surface area contributed by atoms with Crippen LogP contribution in [0.1, 0.15) is 29.2 Å². The average Bonchev–Trinajstić information content (AvgIpc) is 2.46. The van der Waals surface area contributed by atoms with E-state index in [2.05, 4.69) is 15.1 Å². The van der Waals surface area contributed by atoms with Crippen molar-refractivity contribution in [1.82, 2.24) is 9.97 Å². The van der Waals surface area contributed by atoms with E-state index in [0.29, 0.717) is 18.6 Å². The monoisotopic (exact) mass is 272 g/mol. The summed E-state index contributed by atoms with van der Waals surface area (Å²) in [6, 6.07) is 6.33. The van der Waals surface area contributed by atoms with E-state index >= 15 is 0 Å². The zero-order chi connectivity index (χ0) is 14.1. The first-order valence-electron chi connectivity index (χ1n) is 6.25. The van der Waals surface area contributed by atoms with Crippen molar-refractivity contribution >= 4 is 11.7 Å². The fourth-order valence-corrected chi connectivity index (χ4v) is 2.54. The summed E-state index contributed by atoms with van der Waals surface area (Å²) in [5.41, 5.74) is 8.59. The number of benzene rings is 1. The van der Waals surface area contributed by atoms with Crippen LogP contribution in [0.4, 0.5) is 10.3 Å². The standard InChI is InChI=1S/C14H13FN4O/c15-10-3-1-8(2-4-10)9-5-12-11(13(6-9)19-20)7-17-14(16)18-12/h1-4,7,9,20H,5-6H2,(H2,16,17,18)/b19-13-. The first-order valence-corrected chi connectivity index (χ1v) is 6.25. The molecule has 1 unspecified atom stereocenters. The van der Waals surface area contributed by atoms with Crippen molar-refractivity contribution in [3.05, 3.63) is 53.1 Å². The summed E-state index contributed by atoms with van der Waals surface area (Å²) >= 11 is 0. The molecule has 1 aromatic heterocycles. The molecule has 0 aliphatic heterocycles. The van der Waals surface area contributed by atoms with E-state index in [4.69, 9.17) is 10.9 Å². The molecule has 0 amide bonds. The van der Waals surface area contributed by atoms with Gasteiger partial charge in [-0.3, -0.25) is 0 Å². The maximum Gasteiger partial charge on any atom is 0.220 e. The third kappa shape index (κ3) is 2.20. The first-order chi connectivity index (χ1) is 9.67. The molecule has 0 spiro atoms. The Morgan fingerprint density at radius 3 is 2.70 bits per heavy atom. The summed E-state index contributed by atoms with van der Waals surface area (Å²) in [4.78, 5) is 8.13. The zero-order valence-electron chi connectivity index (χ0n) is 10.6. The maximum atomic E-state index is 13.0. The number of nitrogens with zero attached hydrogens (tertiary/aromatic N) is 3. The van der Waals surface area contributed by atoms with E-state index in [1.54, 1.807) is 18.3 Å². The van der Waals surface area contributed by atoms with Crippen molar-refractivity contribution in [3.8, 4) is 0 Å². The number of hydrogen-bond acceptors (Lipinski definition) is 5. The molecule has 0 radical (unpaired) electrons. The van der Waals surface area contributed by atoms with Crippen molar-refractivity contribution in [2.45, 2.75) is 18.8 Å². The summed E-state index contributed by atoms with van der Waals surface area (Å²) < 4.78 is 13.0. The second-order valence-corrected chi connectivity index (χ2v) is 4.79. The van der Waals surface area contributed by atoms with E-state index in [9.17, 15) is 4.39 Å². The van der Waals surface area contributed by atoms with Crippen LogP contribution in [0.15, 0.2) is 35.6 Å². The van der Waals surface area contributed by atoms with Crippen LogP contribution < -0.4 is 5.73 Å². The molecular weight excluding hydrogens is 259 g/mol. The molecule has 1 heterocycles. The van der Waals surface area contributed by atoms with Crippen LogP contribution in [0.3, 0.4) is 0 Å². The van der Waals surface area contributed by atoms with Crippen LogP contribution in [0, 0.1) is 5.82 Å². The lowest BCUT2D eigenvalue weighted by atomic mass is 9.82. The van der Waals surface area contributed by atoms with Crippen molar-refractivity contribution < 1.29 is 9.60 Å². The Kier molecular flexibility index (Phi) is 3.06. The van der Waals surface area contributed by atoms with Crippen molar-refractivity contribution in [2.24, 2.45) is 5.16 Å². The Bertz CT molecular complexity index is 669. The Morgan fingerprint density at radius 2 is 2.00 bits per heavy atom. The van der Waals surface area contributed by atoms with Gasteiger partial charge in [0.2, 0.25) is 5.95 Å². The molecule has 1 aromatic carbocycles. The zero-order valence-corrected chi connectivity index (χ0v) is 10.6. The molecule has 20 heavy (non-hydrogen) atoms. The van der Waals surface area contributed by atoms with E-state index in [-0.39, 0.29) is 17.7 Å². The molecule has 3 rings (SSSR count). The predicted molar refractivity (Wildman–Crippen MR) is 72.2 cm³/mol. The van der Waals surface area contributed by atoms with Crippen molar-refractivity contribution in [2.75, 3.05) is 5.73 Å². The van der Waals surface area contributed by atoms with Crippen molar-refractivity contribution in [3.63, 3.8) is 0 Å². The summed E-state index contributed by atoms with van der Waals surface area (Å²) in [7, 11) is 0. The number of hydrogen-bond donors (Lipinski definition) is 2. The van der Waals surface area contributed by atoms with Gasteiger partial charge in [0.1, 0.15) is 5.82 Å². The van der Waals surface area contributed by atoms with E-state index in [0.717, 1.165) is 16.8 Å². The Morgan fingerprint density at radius 1 is 1.25 bits per heavy atom. The number of oxime groups is 1. The SMILES string of the molecule is Nc1ncc2c(n1)CC(c1ccc(F)cc1)C/C2=N/O. The van der Waals surface area contributed by atoms with E-state index in [1.807, 2.05) is 0 Å². The molecule has 1 aliphatic carbocycles. The molecule has 6 heteroatoms. The molecule has 1 aliphatic rings. The number of rotatable bonds is 1. The lowest BCUT2D eigenvalue weighted by Gasteiger charge is -2.24. The number of fused-ring (bicyclic) bond motifs is 1. The Labute approximate surface area is 115 Å². The van der Waals surface area contributed by atoms with Crippen LogP contribution in [0.25, 0.3) is 0 Å². The molecule has 3 N–H and O–H groups in total. The second-order valence-electron chi connectivity index (χ2n) is 4.79. The van der Waals surface area contributed by atoms with Gasteiger partial charge in [-0.05, 0) is 30.0 Å². The molecule has 0 bridgehead atoms. The van der Waals surface area contributed by atoms with Gasteiger partial charge in [-0.25, -0.2) is 14.4 Å². The van der Waals surface area contributed by atoms with Crippen LogP contribution in [0.5, 0.6) is 0 Å². The van der Waals surface area contributed by atoms with Gasteiger partial charge in [-0.2, -0.15) is 0 Å². The molecule has 102 valence electrons. The van der Waals surface area contributed by atoms with E-state index in [1.165, 1.54) is 12.1 Å². The van der Waals surface area contributed by atoms with Gasteiger partial charge in [0.25, 0.3) is 0 Å². The quantitative estimate of drug-likeness (QED) is 0.615. The van der Waals surface area contributed by atoms with Gasteiger partial charge in [-0.15, -0.1) is 0 Å². The number of anilines is 1. The average molecular weight is 272 g/mol. The third-order valence-electron chi connectivity index (χ3n) is 3.54. The molecule has 1 atom stereocenters. The third-order valence-corrected chi connectivity index (χ3v) is 3.54. The predicted octanol–water partition coefficient (Wildman–Crippen LogP) is 2.11. The number of nitrogens with two attached hydrogens (primary N) is 1. The minimum absolute atomic E-state index is 0.0864. The topological polar surface area (TPSA) is 84.4 Å². The number of aromatic nitrogens is 2. The normalized spacial score (nSPS) is 19.9. The lowest BCUT2D eigenvalue weighted by molar-refractivity contribution is 0.316.